The van der Waals surface area contributed by atoms with Gasteiger partial charge < -0.3 is 10.8 Å². The first kappa shape index (κ1) is 18.0. The molecule has 0 spiro atoms. The van der Waals surface area contributed by atoms with Crippen LogP contribution in [-0.2, 0) is 12.8 Å². The van der Waals surface area contributed by atoms with Gasteiger partial charge in [-0.15, -0.1) is 0 Å². The molecule has 3 aromatic rings. The molecule has 0 bridgehead atoms. The summed E-state index contributed by atoms with van der Waals surface area (Å²) in [5.74, 6) is 0. The van der Waals surface area contributed by atoms with Gasteiger partial charge in [-0.1, -0.05) is 60.7 Å². The number of hydrogen-bond acceptors (Lipinski definition) is 1. The molecule has 0 unspecified atom stereocenters. The number of nitrogens with one attached hydrogen (secondary N) is 1. The third-order valence-electron chi connectivity index (χ3n) is 4.98. The predicted molar refractivity (Wildman–Crippen MR) is 112 cm³/mol. The zero-order chi connectivity index (χ0) is 16.9. The monoisotopic (exact) mass is 343 g/mol. The molecule has 0 amide bonds. The van der Waals surface area contributed by atoms with E-state index in [1.165, 1.54) is 47.2 Å². The number of rotatable bonds is 0. The van der Waals surface area contributed by atoms with E-state index in [-0.39, 0.29) is 5.48 Å². The van der Waals surface area contributed by atoms with E-state index in [0.29, 0.717) is 0 Å². The second-order valence-electron chi connectivity index (χ2n) is 6.56. The number of allylic oxidation sites excluding steroid dienone is 4. The van der Waals surface area contributed by atoms with Crippen molar-refractivity contribution in [2.75, 3.05) is 0 Å². The Bertz CT molecular complexity index is 968. The van der Waals surface area contributed by atoms with Crippen molar-refractivity contribution in [3.8, 4) is 0 Å². The van der Waals surface area contributed by atoms with Crippen molar-refractivity contribution >= 4 is 21.5 Å². The standard InChI is InChI=1S/C18H16.C6H7N.H2O/c1-3-7-15-13(5-1)9-11-18-16-8-4-2-6-14(16)10-12-17(15)18;1-2-4-6-7-5-3-1;/h1,3,5,7,9-12H,2,4,6,8H2;1-7H;1H2. The van der Waals surface area contributed by atoms with E-state index in [1.54, 1.807) is 11.1 Å². The Hall–Kier alpha value is -2.84. The van der Waals surface area contributed by atoms with Gasteiger partial charge in [-0.05, 0) is 70.5 Å². The van der Waals surface area contributed by atoms with E-state index in [2.05, 4.69) is 53.8 Å². The lowest BCUT2D eigenvalue weighted by Gasteiger charge is -2.18. The summed E-state index contributed by atoms with van der Waals surface area (Å²) < 4.78 is 0. The third kappa shape index (κ3) is 3.71. The molecule has 0 radical (unpaired) electrons. The summed E-state index contributed by atoms with van der Waals surface area (Å²) in [7, 11) is 0. The summed E-state index contributed by atoms with van der Waals surface area (Å²) >= 11 is 0. The second-order valence-corrected chi connectivity index (χ2v) is 6.56. The zero-order valence-corrected chi connectivity index (χ0v) is 14.9. The first-order valence-corrected chi connectivity index (χ1v) is 9.10. The smallest absolute Gasteiger partial charge is 0.000442 e. The third-order valence-corrected chi connectivity index (χ3v) is 4.98. The topological polar surface area (TPSA) is 43.5 Å². The van der Waals surface area contributed by atoms with Crippen LogP contribution in [0.5, 0.6) is 0 Å². The van der Waals surface area contributed by atoms with Crippen LogP contribution in [0.4, 0.5) is 0 Å². The van der Waals surface area contributed by atoms with Crippen molar-refractivity contribution in [1.29, 1.82) is 0 Å². The number of benzene rings is 3. The maximum Gasteiger partial charge on any atom is 0.000442 e. The van der Waals surface area contributed by atoms with Crippen molar-refractivity contribution in [3.05, 3.63) is 96.4 Å². The first-order chi connectivity index (χ1) is 12.4. The lowest BCUT2D eigenvalue weighted by atomic mass is 9.86. The van der Waals surface area contributed by atoms with Crippen LogP contribution in [-0.4, -0.2) is 5.48 Å². The van der Waals surface area contributed by atoms with Gasteiger partial charge in [0.25, 0.3) is 0 Å². The summed E-state index contributed by atoms with van der Waals surface area (Å²) in [6, 6.07) is 18.0. The fourth-order valence-corrected chi connectivity index (χ4v) is 3.75. The second kappa shape index (κ2) is 8.50. The van der Waals surface area contributed by atoms with Crippen LogP contribution in [0.25, 0.3) is 21.5 Å². The van der Waals surface area contributed by atoms with Crippen LogP contribution >= 0.6 is 0 Å². The highest BCUT2D eigenvalue weighted by Gasteiger charge is 2.13. The van der Waals surface area contributed by atoms with Crippen molar-refractivity contribution in [2.24, 2.45) is 0 Å². The molecular weight excluding hydrogens is 318 g/mol. The van der Waals surface area contributed by atoms with Gasteiger partial charge in [0.1, 0.15) is 0 Å². The average Bonchev–Trinajstić information content (AvgIpc) is 3.01. The van der Waals surface area contributed by atoms with Gasteiger partial charge >= 0.3 is 0 Å². The van der Waals surface area contributed by atoms with Gasteiger partial charge in [0.15, 0.2) is 0 Å². The Morgan fingerprint density at radius 1 is 0.615 bits per heavy atom. The molecule has 0 saturated heterocycles. The molecule has 2 nitrogen and oxygen atoms in total. The molecule has 0 atom stereocenters. The summed E-state index contributed by atoms with van der Waals surface area (Å²) in [6.45, 7) is 0. The predicted octanol–water partition coefficient (Wildman–Crippen LogP) is 5.22. The van der Waals surface area contributed by atoms with Crippen LogP contribution in [0.15, 0.2) is 85.2 Å². The Labute approximate surface area is 154 Å². The maximum absolute atomic E-state index is 2.92. The molecule has 5 rings (SSSR count). The highest BCUT2D eigenvalue weighted by Crippen LogP contribution is 2.33. The molecule has 1 aliphatic heterocycles. The van der Waals surface area contributed by atoms with Crippen LogP contribution < -0.4 is 5.32 Å². The molecule has 2 aliphatic rings. The van der Waals surface area contributed by atoms with Crippen LogP contribution in [0, 0.1) is 0 Å². The molecule has 132 valence electrons. The van der Waals surface area contributed by atoms with Gasteiger partial charge in [-0.3, -0.25) is 0 Å². The zero-order valence-electron chi connectivity index (χ0n) is 14.9. The Balaban J connectivity index is 0.000000210. The SMILES string of the molecule is C1=CC=CNC=C1.O.c1ccc2c(c1)ccc1c3c(ccc12)CCCC3. The minimum absolute atomic E-state index is 0. The van der Waals surface area contributed by atoms with E-state index in [0.717, 1.165) is 0 Å². The van der Waals surface area contributed by atoms with E-state index < -0.39 is 0 Å². The number of aryl methyl sites for hydroxylation is 2. The molecule has 26 heavy (non-hydrogen) atoms. The highest BCUT2D eigenvalue weighted by molar-refractivity contribution is 6.08. The van der Waals surface area contributed by atoms with Crippen molar-refractivity contribution in [3.63, 3.8) is 0 Å². The van der Waals surface area contributed by atoms with E-state index in [9.17, 15) is 0 Å². The van der Waals surface area contributed by atoms with Crippen LogP contribution in [0.2, 0.25) is 0 Å². The highest BCUT2D eigenvalue weighted by atomic mass is 16.0. The van der Waals surface area contributed by atoms with Crippen LogP contribution in [0.3, 0.4) is 0 Å². The molecule has 0 aromatic heterocycles. The Kier molecular flexibility index (Phi) is 5.88. The van der Waals surface area contributed by atoms with Gasteiger partial charge in [0, 0.05) is 12.4 Å². The van der Waals surface area contributed by atoms with Gasteiger partial charge in [0.2, 0.25) is 0 Å². The molecule has 0 fully saturated rings. The molecule has 2 heteroatoms. The largest absolute Gasteiger partial charge is 0.412 e. The molecule has 0 saturated carbocycles. The molecule has 3 aromatic carbocycles. The fraction of sp³-hybridized carbons (Fsp3) is 0.167. The summed E-state index contributed by atoms with van der Waals surface area (Å²) in [5, 5.41) is 8.57. The van der Waals surface area contributed by atoms with Crippen molar-refractivity contribution in [1.82, 2.24) is 5.32 Å². The summed E-state index contributed by atoms with van der Waals surface area (Å²) in [6.07, 6.45) is 16.8. The Morgan fingerprint density at radius 2 is 1.35 bits per heavy atom. The van der Waals surface area contributed by atoms with E-state index in [1.807, 2.05) is 36.7 Å². The Morgan fingerprint density at radius 3 is 2.19 bits per heavy atom. The normalized spacial score (nSPS) is 14.6. The molecule has 1 heterocycles. The average molecular weight is 343 g/mol. The quantitative estimate of drug-likeness (QED) is 0.559. The molecular formula is C24H25NO. The van der Waals surface area contributed by atoms with Gasteiger partial charge in [-0.25, -0.2) is 0 Å². The van der Waals surface area contributed by atoms with Gasteiger partial charge in [0.05, 0.1) is 0 Å². The number of hydrogen-bond donors (Lipinski definition) is 1. The summed E-state index contributed by atoms with van der Waals surface area (Å²) in [4.78, 5) is 0. The van der Waals surface area contributed by atoms with Crippen molar-refractivity contribution < 1.29 is 5.48 Å². The fourth-order valence-electron chi connectivity index (χ4n) is 3.75. The van der Waals surface area contributed by atoms with Crippen LogP contribution in [0.1, 0.15) is 24.0 Å². The van der Waals surface area contributed by atoms with E-state index in [4.69, 9.17) is 0 Å². The lowest BCUT2D eigenvalue weighted by molar-refractivity contribution is 0.690. The summed E-state index contributed by atoms with van der Waals surface area (Å²) in [5.41, 5.74) is 3.17. The number of fused-ring (bicyclic) bond motifs is 5. The maximum atomic E-state index is 2.92. The van der Waals surface area contributed by atoms with Crippen molar-refractivity contribution in [2.45, 2.75) is 25.7 Å². The molecule has 3 N–H and O–H groups in total. The minimum Gasteiger partial charge on any atom is -0.412 e. The van der Waals surface area contributed by atoms with Gasteiger partial charge in [-0.2, -0.15) is 0 Å². The molecule has 1 aliphatic carbocycles. The van der Waals surface area contributed by atoms with E-state index >= 15 is 0 Å². The minimum atomic E-state index is 0. The first-order valence-electron chi connectivity index (χ1n) is 9.10. The lowest BCUT2D eigenvalue weighted by Crippen LogP contribution is -2.02.